The molecule has 0 atom stereocenters. The van der Waals surface area contributed by atoms with E-state index in [1.807, 2.05) is 47.3 Å². The fourth-order valence-electron chi connectivity index (χ4n) is 3.58. The molecule has 0 aliphatic heterocycles. The van der Waals surface area contributed by atoms with Gasteiger partial charge in [0.25, 0.3) is 11.5 Å². The van der Waals surface area contributed by atoms with Crippen molar-refractivity contribution in [3.63, 3.8) is 0 Å². The maximum Gasteiger partial charge on any atom is 0.276 e. The zero-order valence-corrected chi connectivity index (χ0v) is 17.5. The van der Waals surface area contributed by atoms with Gasteiger partial charge in [0, 0.05) is 30.0 Å². The van der Waals surface area contributed by atoms with Crippen LogP contribution in [0.2, 0.25) is 0 Å². The van der Waals surface area contributed by atoms with Crippen LogP contribution < -0.4 is 10.9 Å². The normalized spacial score (nSPS) is 11.0. The van der Waals surface area contributed by atoms with Crippen LogP contribution in [0.15, 0.2) is 71.8 Å². The summed E-state index contributed by atoms with van der Waals surface area (Å²) in [4.78, 5) is 26.0. The summed E-state index contributed by atoms with van der Waals surface area (Å²) in [5.74, 6) is -0.336. The Balaban J connectivity index is 1.63. The van der Waals surface area contributed by atoms with E-state index in [-0.39, 0.29) is 17.2 Å². The Hall–Kier alpha value is -3.74. The Morgan fingerprint density at radius 1 is 1.03 bits per heavy atom. The van der Waals surface area contributed by atoms with E-state index in [9.17, 15) is 9.59 Å². The Kier molecular flexibility index (Phi) is 6.21. The Morgan fingerprint density at radius 3 is 2.65 bits per heavy atom. The summed E-state index contributed by atoms with van der Waals surface area (Å²) in [5, 5.41) is 12.7. The summed E-state index contributed by atoms with van der Waals surface area (Å²) in [7, 11) is 0. The van der Waals surface area contributed by atoms with Gasteiger partial charge in [-0.1, -0.05) is 50.1 Å². The van der Waals surface area contributed by atoms with E-state index in [2.05, 4.69) is 22.4 Å². The second kappa shape index (κ2) is 9.38. The van der Waals surface area contributed by atoms with Crippen LogP contribution in [0.25, 0.3) is 10.8 Å². The highest BCUT2D eigenvalue weighted by atomic mass is 16.2. The molecule has 0 aliphatic carbocycles. The maximum absolute atomic E-state index is 13.1. The standard InChI is InChI=1S/C24H25N5O2/c1-2-3-6-15-29-24(31)21-12-5-4-11-20(21)22(27-29)23(30)26-19-10-7-9-18(16-19)17-28-14-8-13-25-28/h4-5,7-14,16H,2-3,6,15,17H2,1H3,(H,26,30). The maximum atomic E-state index is 13.1. The Bertz CT molecular complexity index is 1240. The van der Waals surface area contributed by atoms with Crippen molar-refractivity contribution in [1.29, 1.82) is 0 Å². The van der Waals surface area contributed by atoms with E-state index in [4.69, 9.17) is 0 Å². The zero-order chi connectivity index (χ0) is 21.6. The Morgan fingerprint density at radius 2 is 1.87 bits per heavy atom. The molecule has 31 heavy (non-hydrogen) atoms. The number of aromatic nitrogens is 4. The average molecular weight is 415 g/mol. The second-order valence-electron chi connectivity index (χ2n) is 7.49. The van der Waals surface area contributed by atoms with Gasteiger partial charge >= 0.3 is 0 Å². The number of amides is 1. The molecule has 0 spiro atoms. The average Bonchev–Trinajstić information content (AvgIpc) is 3.29. The van der Waals surface area contributed by atoms with Crippen molar-refractivity contribution in [3.05, 3.63) is 88.6 Å². The highest BCUT2D eigenvalue weighted by Gasteiger charge is 2.17. The molecule has 7 nitrogen and oxygen atoms in total. The summed E-state index contributed by atoms with van der Waals surface area (Å²) in [5.41, 5.74) is 1.78. The molecule has 158 valence electrons. The van der Waals surface area contributed by atoms with Gasteiger partial charge in [0.1, 0.15) is 0 Å². The van der Waals surface area contributed by atoms with Crippen LogP contribution in [0, 0.1) is 0 Å². The van der Waals surface area contributed by atoms with Crippen LogP contribution >= 0.6 is 0 Å². The van der Waals surface area contributed by atoms with Crippen LogP contribution in [0.4, 0.5) is 5.69 Å². The highest BCUT2D eigenvalue weighted by molar-refractivity contribution is 6.11. The van der Waals surface area contributed by atoms with E-state index >= 15 is 0 Å². The van der Waals surface area contributed by atoms with Crippen LogP contribution in [-0.2, 0) is 13.1 Å². The molecular weight excluding hydrogens is 390 g/mol. The monoisotopic (exact) mass is 415 g/mol. The van der Waals surface area contributed by atoms with Gasteiger partial charge in [-0.15, -0.1) is 0 Å². The van der Waals surface area contributed by atoms with Gasteiger partial charge in [0.15, 0.2) is 5.69 Å². The molecule has 0 unspecified atom stereocenters. The molecule has 2 aromatic carbocycles. The number of fused-ring (bicyclic) bond motifs is 1. The zero-order valence-electron chi connectivity index (χ0n) is 17.5. The lowest BCUT2D eigenvalue weighted by Crippen LogP contribution is -2.27. The van der Waals surface area contributed by atoms with Crippen molar-refractivity contribution >= 4 is 22.4 Å². The van der Waals surface area contributed by atoms with E-state index < -0.39 is 0 Å². The van der Waals surface area contributed by atoms with Crippen molar-refractivity contribution in [1.82, 2.24) is 19.6 Å². The summed E-state index contributed by atoms with van der Waals surface area (Å²) in [6.45, 7) is 3.22. The number of carbonyl (C=O) groups is 1. The largest absolute Gasteiger partial charge is 0.321 e. The molecule has 0 bridgehead atoms. The number of hydrogen-bond donors (Lipinski definition) is 1. The first-order valence-corrected chi connectivity index (χ1v) is 10.5. The molecular formula is C24H25N5O2. The molecule has 7 heteroatoms. The fraction of sp³-hybridized carbons (Fsp3) is 0.250. The molecule has 0 radical (unpaired) electrons. The molecule has 0 saturated heterocycles. The van der Waals surface area contributed by atoms with Crippen LogP contribution in [-0.4, -0.2) is 25.5 Å². The number of nitrogens with zero attached hydrogens (tertiary/aromatic N) is 4. The summed E-state index contributed by atoms with van der Waals surface area (Å²) >= 11 is 0. The van der Waals surface area contributed by atoms with Gasteiger partial charge in [-0.25, -0.2) is 4.68 Å². The quantitative estimate of drug-likeness (QED) is 0.440. The van der Waals surface area contributed by atoms with Crippen LogP contribution in [0.3, 0.4) is 0 Å². The van der Waals surface area contributed by atoms with Crippen LogP contribution in [0.5, 0.6) is 0 Å². The molecule has 1 N–H and O–H groups in total. The minimum atomic E-state index is -0.336. The SMILES string of the molecule is CCCCCn1nc(C(=O)Nc2cccc(Cn3cccn3)c2)c2ccccc2c1=O. The van der Waals surface area contributed by atoms with Crippen molar-refractivity contribution in [3.8, 4) is 0 Å². The number of nitrogens with one attached hydrogen (secondary N) is 1. The third-order valence-corrected chi connectivity index (χ3v) is 5.14. The second-order valence-corrected chi connectivity index (χ2v) is 7.49. The van der Waals surface area contributed by atoms with E-state index in [0.717, 1.165) is 24.8 Å². The summed E-state index contributed by atoms with van der Waals surface area (Å²) < 4.78 is 3.24. The molecule has 4 rings (SSSR count). The number of aryl methyl sites for hydroxylation is 1. The molecule has 0 aliphatic rings. The number of carbonyl (C=O) groups excluding carboxylic acids is 1. The van der Waals surface area contributed by atoms with Crippen LogP contribution in [0.1, 0.15) is 42.2 Å². The van der Waals surface area contributed by atoms with Gasteiger partial charge in [0.2, 0.25) is 0 Å². The first-order chi connectivity index (χ1) is 15.2. The number of unbranched alkanes of at least 4 members (excludes halogenated alkanes) is 2. The molecule has 4 aromatic rings. The molecule has 0 saturated carbocycles. The van der Waals surface area contributed by atoms with E-state index in [1.165, 1.54) is 4.68 Å². The highest BCUT2D eigenvalue weighted by Crippen LogP contribution is 2.17. The van der Waals surface area contributed by atoms with Crippen molar-refractivity contribution in [2.45, 2.75) is 39.3 Å². The lowest BCUT2D eigenvalue weighted by molar-refractivity contribution is 0.102. The molecule has 0 fully saturated rings. The lowest BCUT2D eigenvalue weighted by Gasteiger charge is -2.12. The molecule has 1 amide bonds. The van der Waals surface area contributed by atoms with Gasteiger partial charge in [-0.3, -0.25) is 14.3 Å². The van der Waals surface area contributed by atoms with E-state index in [1.54, 1.807) is 24.4 Å². The number of benzene rings is 2. The minimum absolute atomic E-state index is 0.163. The first-order valence-electron chi connectivity index (χ1n) is 10.5. The third kappa shape index (κ3) is 4.71. The van der Waals surface area contributed by atoms with Gasteiger partial charge in [-0.2, -0.15) is 10.2 Å². The smallest absolute Gasteiger partial charge is 0.276 e. The van der Waals surface area contributed by atoms with Crippen molar-refractivity contribution < 1.29 is 4.79 Å². The summed E-state index contributed by atoms with van der Waals surface area (Å²) in [6.07, 6.45) is 6.52. The van der Waals surface area contributed by atoms with Gasteiger partial charge in [0.05, 0.1) is 11.9 Å². The van der Waals surface area contributed by atoms with Crippen molar-refractivity contribution in [2.24, 2.45) is 0 Å². The Labute approximate surface area is 180 Å². The fourth-order valence-corrected chi connectivity index (χ4v) is 3.58. The third-order valence-electron chi connectivity index (χ3n) is 5.14. The topological polar surface area (TPSA) is 81.8 Å². The molecule has 2 heterocycles. The first kappa shape index (κ1) is 20.5. The number of rotatable bonds is 8. The predicted molar refractivity (Wildman–Crippen MR) is 121 cm³/mol. The predicted octanol–water partition coefficient (Wildman–Crippen LogP) is 4.08. The number of hydrogen-bond acceptors (Lipinski definition) is 4. The van der Waals surface area contributed by atoms with E-state index in [0.29, 0.717) is 29.5 Å². The minimum Gasteiger partial charge on any atom is -0.321 e. The summed E-state index contributed by atoms with van der Waals surface area (Å²) in [6, 6.07) is 16.6. The van der Waals surface area contributed by atoms with Crippen molar-refractivity contribution in [2.75, 3.05) is 5.32 Å². The lowest BCUT2D eigenvalue weighted by atomic mass is 10.1. The number of anilines is 1. The molecule has 2 aromatic heterocycles. The van der Waals surface area contributed by atoms with Gasteiger partial charge in [-0.05, 0) is 36.2 Å². The van der Waals surface area contributed by atoms with Gasteiger partial charge < -0.3 is 5.32 Å².